The van der Waals surface area contributed by atoms with Gasteiger partial charge in [0.05, 0.1) is 17.9 Å². The number of rotatable bonds is 2. The molecule has 1 saturated carbocycles. The van der Waals surface area contributed by atoms with E-state index in [1.807, 2.05) is 0 Å². The molecule has 0 radical (unpaired) electrons. The van der Waals surface area contributed by atoms with Crippen molar-refractivity contribution in [1.29, 1.82) is 5.26 Å². The van der Waals surface area contributed by atoms with Crippen LogP contribution in [0.15, 0.2) is 8.96 Å². The van der Waals surface area contributed by atoms with Crippen molar-refractivity contribution in [3.05, 3.63) is 8.96 Å². The van der Waals surface area contributed by atoms with Gasteiger partial charge < -0.3 is 9.47 Å². The fraction of sp³-hybridized carbons (Fsp3) is 0.700. The van der Waals surface area contributed by atoms with Crippen molar-refractivity contribution >= 4 is 31.9 Å². The Morgan fingerprint density at radius 3 is 2.33 bits per heavy atom. The van der Waals surface area contributed by atoms with Gasteiger partial charge in [0, 0.05) is 29.1 Å². The number of nitrogens with zero attached hydrogens (tertiary/aromatic N) is 1. The van der Waals surface area contributed by atoms with E-state index < -0.39 is 5.79 Å². The van der Waals surface area contributed by atoms with Crippen LogP contribution in [-0.4, -0.2) is 20.0 Å². The lowest BCUT2D eigenvalue weighted by molar-refractivity contribution is -0.231. The molecule has 0 N–H and O–H groups in total. The summed E-state index contributed by atoms with van der Waals surface area (Å²) in [6.07, 6.45) is 0.790. The molecule has 0 aliphatic heterocycles. The first-order valence-electron chi connectivity index (χ1n) is 4.67. The highest BCUT2D eigenvalue weighted by Crippen LogP contribution is 2.62. The third-order valence-electron chi connectivity index (χ3n) is 3.42. The van der Waals surface area contributed by atoms with Crippen LogP contribution in [0.3, 0.4) is 0 Å². The molecule has 0 saturated heterocycles. The first kappa shape index (κ1) is 11.6. The summed E-state index contributed by atoms with van der Waals surface area (Å²) in [7, 11) is 3.27. The third kappa shape index (κ3) is 1.29. The number of nitriles is 1. The molecule has 3 nitrogen and oxygen atoms in total. The maximum Gasteiger partial charge on any atom is 0.183 e. The zero-order valence-corrected chi connectivity index (χ0v) is 11.6. The molecule has 0 unspecified atom stereocenters. The van der Waals surface area contributed by atoms with Crippen molar-refractivity contribution in [3.63, 3.8) is 0 Å². The predicted octanol–water partition coefficient (Wildman–Crippen LogP) is 2.77. The number of hydrogen-bond acceptors (Lipinski definition) is 3. The smallest absolute Gasteiger partial charge is 0.183 e. The Bertz CT molecular complexity index is 357. The highest BCUT2D eigenvalue weighted by molar-refractivity contribution is 9.14. The van der Waals surface area contributed by atoms with Crippen LogP contribution >= 0.6 is 31.9 Å². The van der Waals surface area contributed by atoms with Crippen LogP contribution < -0.4 is 0 Å². The number of fused-ring (bicyclic) bond motifs is 2. The van der Waals surface area contributed by atoms with Crippen LogP contribution in [-0.2, 0) is 9.47 Å². The van der Waals surface area contributed by atoms with Gasteiger partial charge in [-0.15, -0.1) is 0 Å². The fourth-order valence-corrected chi connectivity index (χ4v) is 4.42. The Labute approximate surface area is 106 Å². The topological polar surface area (TPSA) is 42.2 Å². The summed E-state index contributed by atoms with van der Waals surface area (Å²) >= 11 is 7.06. The molecule has 0 spiro atoms. The second-order valence-corrected chi connectivity index (χ2v) is 5.54. The van der Waals surface area contributed by atoms with Crippen molar-refractivity contribution in [3.8, 4) is 6.07 Å². The van der Waals surface area contributed by atoms with E-state index in [-0.39, 0.29) is 17.8 Å². The molecule has 1 fully saturated rings. The zero-order chi connectivity index (χ0) is 11.2. The first-order valence-corrected chi connectivity index (χ1v) is 6.26. The highest BCUT2D eigenvalue weighted by Gasteiger charge is 2.63. The standard InChI is InChI=1S/C10H11Br2NO2/c1-14-10(15-2)6-3-5(4-13)7(10)9(12)8(6)11/h5-7H,3H2,1-2H3/t5-,6+,7-/m0/s1. The Kier molecular flexibility index (Phi) is 2.97. The predicted molar refractivity (Wildman–Crippen MR) is 62.3 cm³/mol. The van der Waals surface area contributed by atoms with Gasteiger partial charge in [-0.05, 0) is 6.42 Å². The highest BCUT2D eigenvalue weighted by atomic mass is 79.9. The lowest BCUT2D eigenvalue weighted by Gasteiger charge is -2.32. The van der Waals surface area contributed by atoms with Crippen LogP contribution in [0.5, 0.6) is 0 Å². The molecule has 0 heterocycles. The Balaban J connectivity index is 2.47. The number of ether oxygens (including phenoxy) is 2. The van der Waals surface area contributed by atoms with E-state index in [9.17, 15) is 0 Å². The van der Waals surface area contributed by atoms with Crippen molar-refractivity contribution in [2.75, 3.05) is 14.2 Å². The Morgan fingerprint density at radius 2 is 1.93 bits per heavy atom. The quantitative estimate of drug-likeness (QED) is 0.728. The number of methoxy groups -OCH3 is 2. The van der Waals surface area contributed by atoms with E-state index in [1.54, 1.807) is 14.2 Å². The summed E-state index contributed by atoms with van der Waals surface area (Å²) in [6.45, 7) is 0. The normalized spacial score (nSPS) is 37.1. The molecule has 2 aliphatic carbocycles. The van der Waals surface area contributed by atoms with Crippen LogP contribution in [0.4, 0.5) is 0 Å². The summed E-state index contributed by atoms with van der Waals surface area (Å²) < 4.78 is 13.1. The summed E-state index contributed by atoms with van der Waals surface area (Å²) in [6, 6.07) is 2.32. The Morgan fingerprint density at radius 1 is 1.33 bits per heavy atom. The maximum absolute atomic E-state index is 9.10. The molecule has 2 aliphatic rings. The van der Waals surface area contributed by atoms with E-state index in [0.717, 1.165) is 15.4 Å². The molecule has 3 atom stereocenters. The van der Waals surface area contributed by atoms with Crippen molar-refractivity contribution < 1.29 is 9.47 Å². The molecule has 5 heteroatoms. The Hall–Kier alpha value is 0.110. The fourth-order valence-electron chi connectivity index (χ4n) is 2.75. The second kappa shape index (κ2) is 3.85. The minimum absolute atomic E-state index is 0.0168. The molecule has 2 rings (SSSR count). The van der Waals surface area contributed by atoms with Gasteiger partial charge in [-0.2, -0.15) is 5.26 Å². The van der Waals surface area contributed by atoms with E-state index in [4.69, 9.17) is 14.7 Å². The van der Waals surface area contributed by atoms with Gasteiger partial charge in [-0.3, -0.25) is 0 Å². The molecular formula is C10H11Br2NO2. The second-order valence-electron chi connectivity index (χ2n) is 3.83. The van der Waals surface area contributed by atoms with Crippen LogP contribution in [0.25, 0.3) is 0 Å². The molecule has 15 heavy (non-hydrogen) atoms. The third-order valence-corrected chi connectivity index (χ3v) is 5.85. The minimum Gasteiger partial charge on any atom is -0.352 e. The van der Waals surface area contributed by atoms with Gasteiger partial charge >= 0.3 is 0 Å². The van der Waals surface area contributed by atoms with Gasteiger partial charge in [-0.1, -0.05) is 31.9 Å². The average molecular weight is 337 g/mol. The van der Waals surface area contributed by atoms with Gasteiger partial charge in [-0.25, -0.2) is 0 Å². The van der Waals surface area contributed by atoms with Crippen LogP contribution in [0.2, 0.25) is 0 Å². The van der Waals surface area contributed by atoms with Gasteiger partial charge in [0.1, 0.15) is 0 Å². The first-order chi connectivity index (χ1) is 7.12. The van der Waals surface area contributed by atoms with Gasteiger partial charge in [0.2, 0.25) is 0 Å². The van der Waals surface area contributed by atoms with Gasteiger partial charge in [0.25, 0.3) is 0 Å². The van der Waals surface area contributed by atoms with E-state index in [1.165, 1.54) is 0 Å². The largest absolute Gasteiger partial charge is 0.352 e. The van der Waals surface area contributed by atoms with Crippen LogP contribution in [0, 0.1) is 29.1 Å². The minimum atomic E-state index is -0.669. The molecule has 2 bridgehead atoms. The zero-order valence-electron chi connectivity index (χ0n) is 8.46. The van der Waals surface area contributed by atoms with E-state index >= 15 is 0 Å². The van der Waals surface area contributed by atoms with E-state index in [0.29, 0.717) is 0 Å². The van der Waals surface area contributed by atoms with Crippen molar-refractivity contribution in [2.45, 2.75) is 12.2 Å². The SMILES string of the molecule is COC1(OC)[C@@H]2C[C@@H](C#N)[C@H]1C(Br)=C2Br. The van der Waals surface area contributed by atoms with E-state index in [2.05, 4.69) is 37.9 Å². The monoisotopic (exact) mass is 335 g/mol. The van der Waals surface area contributed by atoms with Gasteiger partial charge in [0.15, 0.2) is 5.79 Å². The summed E-state index contributed by atoms with van der Waals surface area (Å²) in [5.74, 6) is -0.600. The average Bonchev–Trinajstić information content (AvgIpc) is 2.69. The molecule has 0 aromatic carbocycles. The molecule has 0 amide bonds. The number of hydrogen-bond donors (Lipinski definition) is 0. The summed E-state index contributed by atoms with van der Waals surface area (Å²) in [5.41, 5.74) is 0. The molecule has 0 aromatic heterocycles. The maximum atomic E-state index is 9.10. The van der Waals surface area contributed by atoms with Crippen molar-refractivity contribution in [1.82, 2.24) is 0 Å². The van der Waals surface area contributed by atoms with Crippen molar-refractivity contribution in [2.24, 2.45) is 17.8 Å². The lowest BCUT2D eigenvalue weighted by Crippen LogP contribution is -2.41. The number of halogens is 2. The molecule has 0 aromatic rings. The molecular weight excluding hydrogens is 326 g/mol. The summed E-state index contributed by atoms with van der Waals surface area (Å²) in [4.78, 5) is 0. The van der Waals surface area contributed by atoms with Crippen LogP contribution in [0.1, 0.15) is 6.42 Å². The summed E-state index contributed by atoms with van der Waals surface area (Å²) in [5, 5.41) is 9.10. The molecule has 82 valence electrons. The lowest BCUT2D eigenvalue weighted by atomic mass is 9.94.